The van der Waals surface area contributed by atoms with Gasteiger partial charge in [0.05, 0.1) is 12.6 Å². The molecule has 1 aliphatic heterocycles. The van der Waals surface area contributed by atoms with Crippen molar-refractivity contribution in [3.8, 4) is 0 Å². The Kier molecular flexibility index (Phi) is 11.3. The van der Waals surface area contributed by atoms with E-state index in [4.69, 9.17) is 4.74 Å². The SMILES string of the molecule is CCCCOC[C@@H]1CCCN1C(=O)[C@H](c1ccccc1)N(CCCC)CCCC. The van der Waals surface area contributed by atoms with Gasteiger partial charge in [0.1, 0.15) is 6.04 Å². The molecule has 1 heterocycles. The van der Waals surface area contributed by atoms with Gasteiger partial charge in [-0.15, -0.1) is 0 Å². The molecule has 0 saturated carbocycles. The molecule has 0 N–H and O–H groups in total. The molecule has 4 heteroatoms. The number of nitrogens with zero attached hydrogens (tertiary/aromatic N) is 2. The van der Waals surface area contributed by atoms with Gasteiger partial charge in [-0.3, -0.25) is 9.69 Å². The average molecular weight is 403 g/mol. The quantitative estimate of drug-likeness (QED) is 0.389. The van der Waals surface area contributed by atoms with E-state index in [1.54, 1.807) is 0 Å². The minimum atomic E-state index is -0.175. The molecule has 2 atom stereocenters. The summed E-state index contributed by atoms with van der Waals surface area (Å²) in [6.07, 6.45) is 8.93. The van der Waals surface area contributed by atoms with Crippen LogP contribution in [0.15, 0.2) is 30.3 Å². The second-order valence-corrected chi connectivity index (χ2v) is 8.31. The predicted molar refractivity (Wildman–Crippen MR) is 121 cm³/mol. The summed E-state index contributed by atoms with van der Waals surface area (Å²) in [4.78, 5) is 18.4. The Bertz CT molecular complexity index is 555. The fourth-order valence-electron chi connectivity index (χ4n) is 4.16. The molecule has 4 nitrogen and oxygen atoms in total. The van der Waals surface area contributed by atoms with Gasteiger partial charge in [0.15, 0.2) is 0 Å². The van der Waals surface area contributed by atoms with E-state index in [2.05, 4.69) is 54.8 Å². The molecule has 0 aliphatic carbocycles. The Morgan fingerprint density at radius 1 is 1.07 bits per heavy atom. The zero-order valence-corrected chi connectivity index (χ0v) is 18.9. The van der Waals surface area contributed by atoms with Crippen LogP contribution in [0.4, 0.5) is 0 Å². The maximum Gasteiger partial charge on any atom is 0.244 e. The second-order valence-electron chi connectivity index (χ2n) is 8.31. The summed E-state index contributed by atoms with van der Waals surface area (Å²) < 4.78 is 5.91. The number of hydrogen-bond acceptors (Lipinski definition) is 3. The molecule has 0 spiro atoms. The summed E-state index contributed by atoms with van der Waals surface area (Å²) in [5.41, 5.74) is 1.13. The van der Waals surface area contributed by atoms with Crippen molar-refractivity contribution < 1.29 is 9.53 Å². The third kappa shape index (κ3) is 7.42. The van der Waals surface area contributed by atoms with Crippen LogP contribution in [0.3, 0.4) is 0 Å². The van der Waals surface area contributed by atoms with Crippen molar-refractivity contribution in [2.75, 3.05) is 32.8 Å². The molecule has 0 aromatic heterocycles. The van der Waals surface area contributed by atoms with Crippen molar-refractivity contribution in [3.63, 3.8) is 0 Å². The van der Waals surface area contributed by atoms with Crippen LogP contribution in [-0.4, -0.2) is 54.6 Å². The molecule has 1 aromatic carbocycles. The van der Waals surface area contributed by atoms with Gasteiger partial charge in [-0.05, 0) is 50.8 Å². The lowest BCUT2D eigenvalue weighted by Crippen LogP contribution is -2.47. The minimum Gasteiger partial charge on any atom is -0.379 e. The molecule has 1 fully saturated rings. The smallest absolute Gasteiger partial charge is 0.244 e. The summed E-state index contributed by atoms with van der Waals surface area (Å²) in [5, 5.41) is 0. The van der Waals surface area contributed by atoms with E-state index in [0.29, 0.717) is 6.61 Å². The minimum absolute atomic E-state index is 0.175. The predicted octanol–water partition coefficient (Wildman–Crippen LogP) is 5.44. The van der Waals surface area contributed by atoms with Gasteiger partial charge in [0.25, 0.3) is 0 Å². The highest BCUT2D eigenvalue weighted by atomic mass is 16.5. The van der Waals surface area contributed by atoms with Crippen molar-refractivity contribution in [2.24, 2.45) is 0 Å². The van der Waals surface area contributed by atoms with E-state index >= 15 is 0 Å². The number of likely N-dealkylation sites (tertiary alicyclic amines) is 1. The van der Waals surface area contributed by atoms with Crippen molar-refractivity contribution in [3.05, 3.63) is 35.9 Å². The third-order valence-electron chi connectivity index (χ3n) is 5.92. The summed E-state index contributed by atoms with van der Waals surface area (Å²) in [7, 11) is 0. The maximum atomic E-state index is 13.8. The van der Waals surface area contributed by atoms with E-state index in [1.165, 1.54) is 0 Å². The van der Waals surface area contributed by atoms with Gasteiger partial charge in [-0.1, -0.05) is 70.4 Å². The number of carbonyl (C=O) groups is 1. The maximum absolute atomic E-state index is 13.8. The van der Waals surface area contributed by atoms with E-state index in [-0.39, 0.29) is 18.0 Å². The molecule has 164 valence electrons. The first kappa shape index (κ1) is 23.9. The molecular weight excluding hydrogens is 360 g/mol. The van der Waals surface area contributed by atoms with Crippen LogP contribution in [0.1, 0.15) is 83.7 Å². The highest BCUT2D eigenvalue weighted by Crippen LogP contribution is 2.29. The Morgan fingerprint density at radius 2 is 1.72 bits per heavy atom. The topological polar surface area (TPSA) is 32.8 Å². The first-order valence-electron chi connectivity index (χ1n) is 11.9. The lowest BCUT2D eigenvalue weighted by molar-refractivity contribution is -0.139. The van der Waals surface area contributed by atoms with Crippen LogP contribution in [0.25, 0.3) is 0 Å². The molecule has 1 aromatic rings. The number of benzene rings is 1. The van der Waals surface area contributed by atoms with Crippen LogP contribution in [0.5, 0.6) is 0 Å². The largest absolute Gasteiger partial charge is 0.379 e. The first-order valence-corrected chi connectivity index (χ1v) is 11.9. The fourth-order valence-corrected chi connectivity index (χ4v) is 4.16. The molecule has 1 amide bonds. The lowest BCUT2D eigenvalue weighted by atomic mass is 10.0. The molecule has 0 radical (unpaired) electrons. The Hall–Kier alpha value is -1.39. The van der Waals surface area contributed by atoms with Crippen molar-refractivity contribution in [2.45, 2.75) is 84.2 Å². The van der Waals surface area contributed by atoms with Crippen LogP contribution < -0.4 is 0 Å². The zero-order valence-electron chi connectivity index (χ0n) is 18.9. The molecule has 29 heavy (non-hydrogen) atoms. The van der Waals surface area contributed by atoms with E-state index in [1.807, 2.05) is 6.07 Å². The number of unbranched alkanes of at least 4 members (excludes halogenated alkanes) is 3. The standard InChI is InChI=1S/C25H42N2O2/c1-4-7-17-26(18-8-5-2)24(22-14-11-10-12-15-22)25(28)27-19-13-16-23(27)21-29-20-9-6-3/h10-12,14-15,23-24H,4-9,13,16-21H2,1-3H3/t23-,24-/m0/s1. The summed E-state index contributed by atoms with van der Waals surface area (Å²) >= 11 is 0. The molecule has 2 rings (SSSR count). The summed E-state index contributed by atoms with van der Waals surface area (Å²) in [5.74, 6) is 0.269. The Balaban J connectivity index is 2.18. The molecule has 1 aliphatic rings. The van der Waals surface area contributed by atoms with Gasteiger partial charge in [0.2, 0.25) is 5.91 Å². The fraction of sp³-hybridized carbons (Fsp3) is 0.720. The molecule has 0 unspecified atom stereocenters. The highest BCUT2D eigenvalue weighted by Gasteiger charge is 2.36. The average Bonchev–Trinajstić information content (AvgIpc) is 3.22. The van der Waals surface area contributed by atoms with E-state index < -0.39 is 0 Å². The Labute approximate surface area is 178 Å². The normalized spacial score (nSPS) is 17.8. The van der Waals surface area contributed by atoms with Crippen LogP contribution in [0.2, 0.25) is 0 Å². The van der Waals surface area contributed by atoms with Gasteiger partial charge in [-0.25, -0.2) is 0 Å². The highest BCUT2D eigenvalue weighted by molar-refractivity contribution is 5.84. The Morgan fingerprint density at radius 3 is 2.34 bits per heavy atom. The number of carbonyl (C=O) groups excluding carboxylic acids is 1. The van der Waals surface area contributed by atoms with E-state index in [0.717, 1.165) is 83.2 Å². The molecular formula is C25H42N2O2. The first-order chi connectivity index (χ1) is 14.2. The van der Waals surface area contributed by atoms with Gasteiger partial charge in [0, 0.05) is 13.2 Å². The van der Waals surface area contributed by atoms with Crippen molar-refractivity contribution in [1.82, 2.24) is 9.80 Å². The van der Waals surface area contributed by atoms with Gasteiger partial charge in [-0.2, -0.15) is 0 Å². The summed E-state index contributed by atoms with van der Waals surface area (Å²) in [6, 6.07) is 10.4. The van der Waals surface area contributed by atoms with Crippen LogP contribution in [0, 0.1) is 0 Å². The lowest BCUT2D eigenvalue weighted by Gasteiger charge is -2.36. The van der Waals surface area contributed by atoms with E-state index in [9.17, 15) is 4.79 Å². The molecule has 0 bridgehead atoms. The van der Waals surface area contributed by atoms with Crippen LogP contribution >= 0.6 is 0 Å². The van der Waals surface area contributed by atoms with Crippen molar-refractivity contribution in [1.29, 1.82) is 0 Å². The molecule has 1 saturated heterocycles. The van der Waals surface area contributed by atoms with Gasteiger partial charge >= 0.3 is 0 Å². The van der Waals surface area contributed by atoms with Gasteiger partial charge < -0.3 is 9.64 Å². The van der Waals surface area contributed by atoms with Crippen LogP contribution in [-0.2, 0) is 9.53 Å². The van der Waals surface area contributed by atoms with Crippen molar-refractivity contribution >= 4 is 5.91 Å². The third-order valence-corrected chi connectivity index (χ3v) is 5.92. The monoisotopic (exact) mass is 402 g/mol. The zero-order chi connectivity index (χ0) is 20.9. The summed E-state index contributed by atoms with van der Waals surface area (Å²) in [6.45, 7) is 10.9. The number of rotatable bonds is 14. The number of amides is 1. The second kappa shape index (κ2) is 13.8. The number of hydrogen-bond donors (Lipinski definition) is 0. The number of ether oxygens (including phenoxy) is 1.